The number of hydrogen-bond acceptors (Lipinski definition) is 2. The SMILES string of the molecule is CCc1cc(CC)n(C(c2cccc(F)c2)C(C)N)n1. The first kappa shape index (κ1) is 14.7. The lowest BCUT2D eigenvalue weighted by molar-refractivity contribution is 0.436. The molecule has 2 N–H and O–H groups in total. The largest absolute Gasteiger partial charge is 0.326 e. The van der Waals surface area contributed by atoms with Crippen LogP contribution < -0.4 is 5.73 Å². The van der Waals surface area contributed by atoms with Crippen LogP contribution in [0.1, 0.15) is 43.8 Å². The van der Waals surface area contributed by atoms with Gasteiger partial charge < -0.3 is 5.73 Å². The minimum Gasteiger partial charge on any atom is -0.326 e. The van der Waals surface area contributed by atoms with E-state index in [0.717, 1.165) is 29.8 Å². The first-order valence-electron chi connectivity index (χ1n) is 7.15. The van der Waals surface area contributed by atoms with Crippen molar-refractivity contribution in [1.29, 1.82) is 0 Å². The van der Waals surface area contributed by atoms with E-state index in [1.807, 2.05) is 17.7 Å². The van der Waals surface area contributed by atoms with Crippen molar-refractivity contribution in [2.24, 2.45) is 5.73 Å². The van der Waals surface area contributed by atoms with E-state index in [4.69, 9.17) is 5.73 Å². The summed E-state index contributed by atoms with van der Waals surface area (Å²) in [6.07, 6.45) is 1.76. The Bertz CT molecular complexity index is 575. The van der Waals surface area contributed by atoms with E-state index in [0.29, 0.717) is 0 Å². The molecule has 0 radical (unpaired) electrons. The molecular weight excluding hydrogens is 253 g/mol. The average molecular weight is 275 g/mol. The van der Waals surface area contributed by atoms with Gasteiger partial charge in [0, 0.05) is 11.7 Å². The van der Waals surface area contributed by atoms with Crippen molar-refractivity contribution in [3.8, 4) is 0 Å². The maximum Gasteiger partial charge on any atom is 0.123 e. The lowest BCUT2D eigenvalue weighted by atomic mass is 10.0. The third-order valence-corrected chi connectivity index (χ3v) is 3.54. The molecule has 2 aromatic rings. The zero-order chi connectivity index (χ0) is 14.7. The predicted molar refractivity (Wildman–Crippen MR) is 79.2 cm³/mol. The van der Waals surface area contributed by atoms with Crippen molar-refractivity contribution >= 4 is 0 Å². The molecule has 2 unspecified atom stereocenters. The summed E-state index contributed by atoms with van der Waals surface area (Å²) in [7, 11) is 0. The van der Waals surface area contributed by atoms with Crippen LogP contribution in [0.5, 0.6) is 0 Å². The second kappa shape index (κ2) is 6.18. The van der Waals surface area contributed by atoms with Gasteiger partial charge in [-0.05, 0) is 43.5 Å². The molecule has 3 nitrogen and oxygen atoms in total. The molecule has 0 aliphatic rings. The first-order chi connectivity index (χ1) is 9.56. The molecular formula is C16H22FN3. The Morgan fingerprint density at radius 3 is 2.55 bits per heavy atom. The van der Waals surface area contributed by atoms with Gasteiger partial charge in [-0.2, -0.15) is 5.10 Å². The number of aryl methyl sites for hydroxylation is 2. The summed E-state index contributed by atoms with van der Waals surface area (Å²) in [5.41, 5.74) is 9.18. The normalized spacial score (nSPS) is 14.2. The van der Waals surface area contributed by atoms with E-state index in [9.17, 15) is 4.39 Å². The highest BCUT2D eigenvalue weighted by atomic mass is 19.1. The van der Waals surface area contributed by atoms with Crippen molar-refractivity contribution in [3.63, 3.8) is 0 Å². The summed E-state index contributed by atoms with van der Waals surface area (Å²) in [6, 6.07) is 8.44. The maximum atomic E-state index is 13.5. The molecule has 0 fully saturated rings. The fraction of sp³-hybridized carbons (Fsp3) is 0.438. The number of aromatic nitrogens is 2. The minimum absolute atomic E-state index is 0.138. The topological polar surface area (TPSA) is 43.8 Å². The van der Waals surface area contributed by atoms with Crippen molar-refractivity contribution in [2.75, 3.05) is 0 Å². The first-order valence-corrected chi connectivity index (χ1v) is 7.15. The number of rotatable bonds is 5. The van der Waals surface area contributed by atoms with Gasteiger partial charge in [-0.15, -0.1) is 0 Å². The van der Waals surface area contributed by atoms with Gasteiger partial charge in [0.15, 0.2) is 0 Å². The number of nitrogens with two attached hydrogens (primary N) is 1. The van der Waals surface area contributed by atoms with Crippen LogP contribution in [0.15, 0.2) is 30.3 Å². The standard InChI is InChI=1S/C16H22FN3/c1-4-14-10-15(5-2)20(19-14)16(11(3)18)12-7-6-8-13(17)9-12/h6-11,16H,4-5,18H2,1-3H3. The lowest BCUT2D eigenvalue weighted by Gasteiger charge is -2.24. The van der Waals surface area contributed by atoms with Crippen LogP contribution in [0.25, 0.3) is 0 Å². The predicted octanol–water partition coefficient (Wildman–Crippen LogP) is 3.08. The zero-order valence-corrected chi connectivity index (χ0v) is 12.3. The smallest absolute Gasteiger partial charge is 0.123 e. The molecule has 108 valence electrons. The van der Waals surface area contributed by atoms with Crippen molar-refractivity contribution in [3.05, 3.63) is 53.1 Å². The zero-order valence-electron chi connectivity index (χ0n) is 12.3. The molecule has 0 aliphatic heterocycles. The van der Waals surface area contributed by atoms with Crippen LogP contribution in [0.4, 0.5) is 4.39 Å². The van der Waals surface area contributed by atoms with E-state index in [1.165, 1.54) is 6.07 Å². The highest BCUT2D eigenvalue weighted by molar-refractivity contribution is 5.24. The van der Waals surface area contributed by atoms with E-state index in [-0.39, 0.29) is 17.9 Å². The summed E-state index contributed by atoms with van der Waals surface area (Å²) in [5.74, 6) is -0.242. The molecule has 1 aromatic heterocycles. The summed E-state index contributed by atoms with van der Waals surface area (Å²) in [4.78, 5) is 0. The fourth-order valence-electron chi connectivity index (χ4n) is 2.53. The Balaban J connectivity index is 2.51. The van der Waals surface area contributed by atoms with Gasteiger partial charge in [-0.1, -0.05) is 26.0 Å². The van der Waals surface area contributed by atoms with Crippen LogP contribution in [-0.2, 0) is 12.8 Å². The lowest BCUT2D eigenvalue weighted by Crippen LogP contribution is -2.32. The Morgan fingerprint density at radius 2 is 2.00 bits per heavy atom. The number of benzene rings is 1. The number of nitrogens with zero attached hydrogens (tertiary/aromatic N) is 2. The highest BCUT2D eigenvalue weighted by Crippen LogP contribution is 2.24. The molecule has 0 saturated carbocycles. The van der Waals surface area contributed by atoms with Crippen molar-refractivity contribution < 1.29 is 4.39 Å². The van der Waals surface area contributed by atoms with Crippen LogP contribution in [0.2, 0.25) is 0 Å². The van der Waals surface area contributed by atoms with Crippen LogP contribution in [0, 0.1) is 5.82 Å². The van der Waals surface area contributed by atoms with Crippen LogP contribution >= 0.6 is 0 Å². The molecule has 1 heterocycles. The number of hydrogen-bond donors (Lipinski definition) is 1. The molecule has 0 amide bonds. The quantitative estimate of drug-likeness (QED) is 0.911. The third-order valence-electron chi connectivity index (χ3n) is 3.54. The molecule has 0 saturated heterocycles. The Hall–Kier alpha value is -1.68. The van der Waals surface area contributed by atoms with E-state index in [1.54, 1.807) is 12.1 Å². The fourth-order valence-corrected chi connectivity index (χ4v) is 2.53. The maximum absolute atomic E-state index is 13.5. The second-order valence-electron chi connectivity index (χ2n) is 5.14. The van der Waals surface area contributed by atoms with Crippen LogP contribution in [0.3, 0.4) is 0 Å². The minimum atomic E-state index is -0.242. The Kier molecular flexibility index (Phi) is 4.55. The van der Waals surface area contributed by atoms with E-state index in [2.05, 4.69) is 25.0 Å². The van der Waals surface area contributed by atoms with Crippen molar-refractivity contribution in [2.45, 2.75) is 45.7 Å². The van der Waals surface area contributed by atoms with E-state index < -0.39 is 0 Å². The van der Waals surface area contributed by atoms with Gasteiger partial charge in [0.05, 0.1) is 11.7 Å². The summed E-state index contributed by atoms with van der Waals surface area (Å²) >= 11 is 0. The average Bonchev–Trinajstić information content (AvgIpc) is 2.81. The molecule has 4 heteroatoms. The summed E-state index contributed by atoms with van der Waals surface area (Å²) < 4.78 is 15.4. The monoisotopic (exact) mass is 275 g/mol. The molecule has 0 bridgehead atoms. The molecule has 1 aromatic carbocycles. The molecule has 2 atom stereocenters. The van der Waals surface area contributed by atoms with Gasteiger partial charge >= 0.3 is 0 Å². The van der Waals surface area contributed by atoms with Crippen molar-refractivity contribution in [1.82, 2.24) is 9.78 Å². The van der Waals surface area contributed by atoms with Gasteiger partial charge in [0.25, 0.3) is 0 Å². The number of halogens is 1. The second-order valence-corrected chi connectivity index (χ2v) is 5.14. The Labute approximate surface area is 119 Å². The van der Waals surface area contributed by atoms with E-state index >= 15 is 0 Å². The molecule has 0 spiro atoms. The van der Waals surface area contributed by atoms with Gasteiger partial charge in [-0.25, -0.2) is 4.39 Å². The van der Waals surface area contributed by atoms with Gasteiger partial charge in [0.2, 0.25) is 0 Å². The Morgan fingerprint density at radius 1 is 1.25 bits per heavy atom. The highest BCUT2D eigenvalue weighted by Gasteiger charge is 2.22. The van der Waals surface area contributed by atoms with Gasteiger partial charge in [-0.3, -0.25) is 4.68 Å². The molecule has 0 aliphatic carbocycles. The summed E-state index contributed by atoms with van der Waals surface area (Å²) in [5, 5.41) is 4.64. The summed E-state index contributed by atoms with van der Waals surface area (Å²) in [6.45, 7) is 6.11. The van der Waals surface area contributed by atoms with Crippen LogP contribution in [-0.4, -0.2) is 15.8 Å². The molecule has 2 rings (SSSR count). The molecule has 20 heavy (non-hydrogen) atoms. The third kappa shape index (κ3) is 2.90. The van der Waals surface area contributed by atoms with Gasteiger partial charge in [0.1, 0.15) is 5.82 Å².